The summed E-state index contributed by atoms with van der Waals surface area (Å²) in [5, 5.41) is 13.4. The third-order valence-electron chi connectivity index (χ3n) is 5.06. The standard InChI is InChI=1S/C20H20N4O5S/c25-18-12-15(21-20-23(18)9-10-30-20)13-29-19(26)14-5-6-16(17(11-14)24(27)28)22-7-3-1-2-4-8-22/h5-6,9-12H,1-4,7-8,13H2. The molecule has 0 N–H and O–H groups in total. The predicted octanol–water partition coefficient (Wildman–Crippen LogP) is 3.40. The summed E-state index contributed by atoms with van der Waals surface area (Å²) in [6, 6.07) is 5.72. The number of hydrogen-bond donors (Lipinski definition) is 0. The number of esters is 1. The fourth-order valence-corrected chi connectivity index (χ4v) is 4.30. The topological polar surface area (TPSA) is 107 Å². The van der Waals surface area contributed by atoms with E-state index in [1.807, 2.05) is 4.90 Å². The predicted molar refractivity (Wildman–Crippen MR) is 112 cm³/mol. The third kappa shape index (κ3) is 4.18. The van der Waals surface area contributed by atoms with Crippen LogP contribution in [-0.2, 0) is 11.3 Å². The Morgan fingerprint density at radius 1 is 1.20 bits per heavy atom. The maximum atomic E-state index is 12.5. The van der Waals surface area contributed by atoms with Crippen LogP contribution in [0.15, 0.2) is 40.6 Å². The van der Waals surface area contributed by atoms with Crippen LogP contribution >= 0.6 is 11.3 Å². The Bertz CT molecular complexity index is 1150. The van der Waals surface area contributed by atoms with E-state index in [-0.39, 0.29) is 23.4 Å². The molecule has 1 aromatic carbocycles. The van der Waals surface area contributed by atoms with Crippen LogP contribution < -0.4 is 10.5 Å². The highest BCUT2D eigenvalue weighted by Crippen LogP contribution is 2.31. The van der Waals surface area contributed by atoms with Crippen LogP contribution in [0.5, 0.6) is 0 Å². The lowest BCUT2D eigenvalue weighted by Crippen LogP contribution is -2.25. The highest BCUT2D eigenvalue weighted by Gasteiger charge is 2.23. The first-order valence-electron chi connectivity index (χ1n) is 9.69. The van der Waals surface area contributed by atoms with Crippen LogP contribution in [0, 0.1) is 10.1 Å². The van der Waals surface area contributed by atoms with Gasteiger partial charge < -0.3 is 9.64 Å². The Kier molecular flexibility index (Phi) is 5.75. The number of carbonyl (C=O) groups excluding carboxylic acids is 1. The van der Waals surface area contributed by atoms with Gasteiger partial charge in [0.25, 0.3) is 11.2 Å². The van der Waals surface area contributed by atoms with Crippen molar-refractivity contribution in [3.8, 4) is 0 Å². The van der Waals surface area contributed by atoms with Crippen LogP contribution in [0.4, 0.5) is 11.4 Å². The number of nitro benzene ring substituents is 1. The number of benzene rings is 1. The first-order chi connectivity index (χ1) is 14.5. The number of fused-ring (bicyclic) bond motifs is 1. The fraction of sp³-hybridized carbons (Fsp3) is 0.350. The van der Waals surface area contributed by atoms with Crippen molar-refractivity contribution in [2.45, 2.75) is 32.3 Å². The molecule has 0 aliphatic carbocycles. The van der Waals surface area contributed by atoms with Crippen LogP contribution in [0.1, 0.15) is 41.7 Å². The highest BCUT2D eigenvalue weighted by atomic mass is 32.1. The lowest BCUT2D eigenvalue weighted by molar-refractivity contribution is -0.384. The first kappa shape index (κ1) is 20.0. The summed E-state index contributed by atoms with van der Waals surface area (Å²) in [7, 11) is 0. The van der Waals surface area contributed by atoms with E-state index in [1.165, 1.54) is 27.9 Å². The summed E-state index contributed by atoms with van der Waals surface area (Å²) in [5.74, 6) is -0.700. The van der Waals surface area contributed by atoms with Gasteiger partial charge in [-0.25, -0.2) is 9.78 Å². The molecule has 4 rings (SSSR count). The summed E-state index contributed by atoms with van der Waals surface area (Å²) in [6.45, 7) is 1.33. The largest absolute Gasteiger partial charge is 0.456 e. The van der Waals surface area contributed by atoms with Gasteiger partial charge in [0.15, 0.2) is 4.96 Å². The Balaban J connectivity index is 1.52. The van der Waals surface area contributed by atoms with Gasteiger partial charge in [0.05, 0.1) is 16.2 Å². The molecule has 2 aromatic heterocycles. The molecule has 1 aliphatic heterocycles. The smallest absolute Gasteiger partial charge is 0.338 e. The van der Waals surface area contributed by atoms with Crippen LogP contribution in [0.3, 0.4) is 0 Å². The molecule has 0 atom stereocenters. The number of ether oxygens (including phenoxy) is 1. The molecule has 10 heteroatoms. The molecule has 0 amide bonds. The summed E-state index contributed by atoms with van der Waals surface area (Å²) >= 11 is 1.30. The van der Waals surface area contributed by atoms with E-state index in [2.05, 4.69) is 4.98 Å². The second-order valence-corrected chi connectivity index (χ2v) is 7.95. The Labute approximate surface area is 175 Å². The SMILES string of the molecule is O=C(OCc1cc(=O)n2ccsc2n1)c1ccc(N2CCCCCC2)c([N+](=O)[O-])c1. The summed E-state index contributed by atoms with van der Waals surface area (Å²) in [4.78, 5) is 42.4. The minimum Gasteiger partial charge on any atom is -0.456 e. The highest BCUT2D eigenvalue weighted by molar-refractivity contribution is 7.15. The average molecular weight is 428 g/mol. The van der Waals surface area contributed by atoms with Gasteiger partial charge in [-0.05, 0) is 25.0 Å². The van der Waals surface area contributed by atoms with E-state index in [4.69, 9.17) is 4.74 Å². The summed E-state index contributed by atoms with van der Waals surface area (Å²) < 4.78 is 6.66. The minimum absolute atomic E-state index is 0.0918. The van der Waals surface area contributed by atoms with E-state index in [0.29, 0.717) is 16.3 Å². The number of carbonyl (C=O) groups is 1. The van der Waals surface area contributed by atoms with Gasteiger partial charge in [0, 0.05) is 36.8 Å². The maximum Gasteiger partial charge on any atom is 0.338 e. The van der Waals surface area contributed by atoms with Crippen molar-refractivity contribution in [1.82, 2.24) is 9.38 Å². The first-order valence-corrected chi connectivity index (χ1v) is 10.6. The molecule has 30 heavy (non-hydrogen) atoms. The quantitative estimate of drug-likeness (QED) is 0.348. The van der Waals surface area contributed by atoms with E-state index < -0.39 is 10.9 Å². The zero-order chi connectivity index (χ0) is 21.1. The van der Waals surface area contributed by atoms with Crippen LogP contribution in [0.2, 0.25) is 0 Å². The fourth-order valence-electron chi connectivity index (χ4n) is 3.56. The number of nitrogens with zero attached hydrogens (tertiary/aromatic N) is 4. The van der Waals surface area contributed by atoms with Crippen LogP contribution in [-0.4, -0.2) is 33.4 Å². The zero-order valence-electron chi connectivity index (χ0n) is 16.2. The van der Waals surface area contributed by atoms with Crippen molar-refractivity contribution < 1.29 is 14.5 Å². The summed E-state index contributed by atoms with van der Waals surface area (Å²) in [5.41, 5.74) is 0.574. The maximum absolute atomic E-state index is 12.5. The van der Waals surface area contributed by atoms with E-state index in [0.717, 1.165) is 38.8 Å². The lowest BCUT2D eigenvalue weighted by Gasteiger charge is -2.22. The van der Waals surface area contributed by atoms with Crippen molar-refractivity contribution in [3.63, 3.8) is 0 Å². The van der Waals surface area contributed by atoms with Gasteiger partial charge in [0.1, 0.15) is 12.3 Å². The number of hydrogen-bond acceptors (Lipinski definition) is 8. The summed E-state index contributed by atoms with van der Waals surface area (Å²) in [6.07, 6.45) is 5.83. The lowest BCUT2D eigenvalue weighted by atomic mass is 10.1. The molecule has 1 aliphatic rings. The van der Waals surface area contributed by atoms with E-state index in [9.17, 15) is 19.7 Å². The number of thiazole rings is 1. The van der Waals surface area contributed by atoms with E-state index in [1.54, 1.807) is 23.7 Å². The minimum atomic E-state index is -0.700. The number of anilines is 1. The molecule has 156 valence electrons. The van der Waals surface area contributed by atoms with Crippen molar-refractivity contribution in [3.05, 3.63) is 67.6 Å². The normalized spacial score (nSPS) is 14.5. The van der Waals surface area contributed by atoms with E-state index >= 15 is 0 Å². The van der Waals surface area contributed by atoms with Gasteiger partial charge in [0.2, 0.25) is 0 Å². The Hall–Kier alpha value is -3.27. The van der Waals surface area contributed by atoms with Gasteiger partial charge in [-0.1, -0.05) is 12.8 Å². The third-order valence-corrected chi connectivity index (χ3v) is 5.82. The Morgan fingerprint density at radius 3 is 2.70 bits per heavy atom. The molecule has 0 bridgehead atoms. The molecule has 1 fully saturated rings. The molecule has 3 heterocycles. The van der Waals surface area contributed by atoms with Crippen molar-refractivity contribution in [2.75, 3.05) is 18.0 Å². The van der Waals surface area contributed by atoms with Crippen molar-refractivity contribution in [2.24, 2.45) is 0 Å². The molecule has 0 spiro atoms. The monoisotopic (exact) mass is 428 g/mol. The molecule has 9 nitrogen and oxygen atoms in total. The number of rotatable bonds is 5. The van der Waals surface area contributed by atoms with Crippen molar-refractivity contribution >= 4 is 33.6 Å². The molecule has 0 radical (unpaired) electrons. The molecule has 1 saturated heterocycles. The number of nitro groups is 1. The molecule has 0 unspecified atom stereocenters. The van der Waals surface area contributed by atoms with Gasteiger partial charge >= 0.3 is 5.97 Å². The van der Waals surface area contributed by atoms with Gasteiger partial charge in [-0.2, -0.15) is 0 Å². The number of aromatic nitrogens is 2. The van der Waals surface area contributed by atoms with Crippen LogP contribution in [0.25, 0.3) is 4.96 Å². The average Bonchev–Trinajstić information content (AvgIpc) is 3.05. The van der Waals surface area contributed by atoms with Gasteiger partial charge in [-0.15, -0.1) is 11.3 Å². The molecule has 0 saturated carbocycles. The molecular formula is C20H20N4O5S. The molecular weight excluding hydrogens is 408 g/mol. The molecule has 3 aromatic rings. The van der Waals surface area contributed by atoms with Gasteiger partial charge in [-0.3, -0.25) is 19.3 Å². The zero-order valence-corrected chi connectivity index (χ0v) is 17.0. The second kappa shape index (κ2) is 8.62. The van der Waals surface area contributed by atoms with Crippen molar-refractivity contribution in [1.29, 1.82) is 0 Å². The second-order valence-electron chi connectivity index (χ2n) is 7.08. The Morgan fingerprint density at radius 2 is 1.97 bits per heavy atom.